The molecule has 1 aliphatic rings. The first-order valence-corrected chi connectivity index (χ1v) is 18.1. The molecule has 248 valence electrons. The molecular formula is C51H39N. The maximum atomic E-state index is 2.45. The number of hydrogen-bond donors (Lipinski definition) is 0. The quantitative estimate of drug-likeness (QED) is 0.164. The van der Waals surface area contributed by atoms with Crippen LogP contribution < -0.4 is 4.90 Å². The third-order valence-corrected chi connectivity index (χ3v) is 10.7. The first-order chi connectivity index (χ1) is 25.6. The highest BCUT2D eigenvalue weighted by molar-refractivity contribution is 5.98. The summed E-state index contributed by atoms with van der Waals surface area (Å²) in [6.45, 7) is 4.71. The zero-order valence-electron chi connectivity index (χ0n) is 29.5. The summed E-state index contributed by atoms with van der Waals surface area (Å²) < 4.78 is 0. The third kappa shape index (κ3) is 5.52. The van der Waals surface area contributed by atoms with Crippen LogP contribution in [0.1, 0.15) is 25.0 Å². The molecule has 0 heterocycles. The van der Waals surface area contributed by atoms with E-state index in [1.165, 1.54) is 66.8 Å². The smallest absolute Gasteiger partial charge is 0.0546 e. The molecule has 1 nitrogen and oxygen atoms in total. The zero-order valence-corrected chi connectivity index (χ0v) is 29.5. The van der Waals surface area contributed by atoms with Gasteiger partial charge in [-0.05, 0) is 91.5 Å². The van der Waals surface area contributed by atoms with Crippen LogP contribution in [0.4, 0.5) is 17.1 Å². The van der Waals surface area contributed by atoms with E-state index in [0.29, 0.717) is 0 Å². The monoisotopic (exact) mass is 665 g/mol. The summed E-state index contributed by atoms with van der Waals surface area (Å²) in [7, 11) is 0. The van der Waals surface area contributed by atoms with Crippen molar-refractivity contribution in [1.29, 1.82) is 0 Å². The molecule has 0 amide bonds. The van der Waals surface area contributed by atoms with Crippen LogP contribution in [0.15, 0.2) is 200 Å². The fourth-order valence-corrected chi connectivity index (χ4v) is 8.04. The van der Waals surface area contributed by atoms with Gasteiger partial charge >= 0.3 is 0 Å². The molecule has 8 aromatic rings. The molecule has 1 aliphatic carbocycles. The van der Waals surface area contributed by atoms with Gasteiger partial charge in [-0.15, -0.1) is 0 Å². The normalized spacial score (nSPS) is 12.6. The SMILES string of the molecule is CC1(C)c2ccccc2-c2ccc(N(c3ccccc3)c3cccc(-c4ccc(-c5ccccc5)cc4)c3-c3ccc(-c4ccccc4)cc3)cc21. The molecule has 0 bridgehead atoms. The van der Waals surface area contributed by atoms with Gasteiger partial charge in [0.2, 0.25) is 0 Å². The first kappa shape index (κ1) is 31.5. The van der Waals surface area contributed by atoms with Crippen molar-refractivity contribution in [3.8, 4) is 55.6 Å². The Kier molecular flexibility index (Phi) is 7.90. The van der Waals surface area contributed by atoms with Crippen LogP contribution in [-0.4, -0.2) is 0 Å². The molecule has 0 fully saturated rings. The summed E-state index contributed by atoms with van der Waals surface area (Å²) in [5.41, 5.74) is 18.3. The minimum Gasteiger partial charge on any atom is -0.310 e. The second-order valence-corrected chi connectivity index (χ2v) is 14.2. The predicted octanol–water partition coefficient (Wildman–Crippen LogP) is 14.1. The average molecular weight is 666 g/mol. The molecule has 0 aliphatic heterocycles. The average Bonchev–Trinajstić information content (AvgIpc) is 3.44. The lowest BCUT2D eigenvalue weighted by molar-refractivity contribution is 0.660. The summed E-state index contributed by atoms with van der Waals surface area (Å²) in [4.78, 5) is 2.45. The van der Waals surface area contributed by atoms with Crippen molar-refractivity contribution in [2.45, 2.75) is 19.3 Å². The van der Waals surface area contributed by atoms with Crippen molar-refractivity contribution < 1.29 is 0 Å². The Hall–Kier alpha value is -6.44. The molecule has 0 saturated carbocycles. The number of nitrogens with zero attached hydrogens (tertiary/aromatic N) is 1. The van der Waals surface area contributed by atoms with Crippen LogP contribution in [0, 0.1) is 0 Å². The van der Waals surface area contributed by atoms with Crippen LogP contribution in [-0.2, 0) is 5.41 Å². The Morgan fingerprint density at radius 1 is 0.327 bits per heavy atom. The minimum absolute atomic E-state index is 0.108. The minimum atomic E-state index is -0.108. The second kappa shape index (κ2) is 13.0. The van der Waals surface area contributed by atoms with Crippen molar-refractivity contribution >= 4 is 17.1 Å². The van der Waals surface area contributed by atoms with Crippen molar-refractivity contribution in [3.63, 3.8) is 0 Å². The van der Waals surface area contributed by atoms with E-state index in [1.807, 2.05) is 0 Å². The molecule has 0 unspecified atom stereocenters. The highest BCUT2D eigenvalue weighted by Crippen LogP contribution is 2.52. The molecule has 8 aromatic carbocycles. The third-order valence-electron chi connectivity index (χ3n) is 10.7. The van der Waals surface area contributed by atoms with E-state index in [9.17, 15) is 0 Å². The van der Waals surface area contributed by atoms with Gasteiger partial charge < -0.3 is 4.90 Å². The summed E-state index contributed by atoms with van der Waals surface area (Å²) in [5, 5.41) is 0. The number of anilines is 3. The second-order valence-electron chi connectivity index (χ2n) is 14.2. The lowest BCUT2D eigenvalue weighted by Gasteiger charge is -2.30. The Labute approximate surface area is 307 Å². The zero-order chi connectivity index (χ0) is 35.1. The Bertz CT molecular complexity index is 2500. The van der Waals surface area contributed by atoms with Crippen molar-refractivity contribution in [1.82, 2.24) is 0 Å². The predicted molar refractivity (Wildman–Crippen MR) is 220 cm³/mol. The van der Waals surface area contributed by atoms with E-state index in [-0.39, 0.29) is 5.41 Å². The van der Waals surface area contributed by atoms with Crippen molar-refractivity contribution in [2.75, 3.05) is 4.90 Å². The van der Waals surface area contributed by atoms with Gasteiger partial charge in [-0.25, -0.2) is 0 Å². The largest absolute Gasteiger partial charge is 0.310 e. The van der Waals surface area contributed by atoms with Crippen molar-refractivity contribution in [3.05, 3.63) is 211 Å². The number of fused-ring (bicyclic) bond motifs is 3. The summed E-state index contributed by atoms with van der Waals surface area (Å²) >= 11 is 0. The van der Waals surface area contributed by atoms with E-state index >= 15 is 0 Å². The summed E-state index contributed by atoms with van der Waals surface area (Å²) in [6.07, 6.45) is 0. The van der Waals surface area contributed by atoms with Crippen LogP contribution in [0.2, 0.25) is 0 Å². The molecule has 0 saturated heterocycles. The molecular weight excluding hydrogens is 627 g/mol. The van der Waals surface area contributed by atoms with Crippen LogP contribution >= 0.6 is 0 Å². The van der Waals surface area contributed by atoms with E-state index in [1.54, 1.807) is 0 Å². The molecule has 9 rings (SSSR count). The van der Waals surface area contributed by atoms with Gasteiger partial charge in [0.05, 0.1) is 5.69 Å². The standard InChI is InChI=1S/C51H39N/c1-51(2)47-23-13-12-21-45(47)46-34-33-43(35-48(46)51)52(42-19-10-5-11-20-42)49-24-14-22-44(40-29-25-38(26-30-40)36-15-6-3-7-16-36)50(49)41-31-27-39(28-32-41)37-17-8-4-9-18-37/h3-35H,1-2H3. The molecule has 0 N–H and O–H groups in total. The number of hydrogen-bond acceptors (Lipinski definition) is 1. The van der Waals surface area contributed by atoms with Gasteiger partial charge in [-0.3, -0.25) is 0 Å². The van der Waals surface area contributed by atoms with Crippen LogP contribution in [0.25, 0.3) is 55.6 Å². The highest BCUT2D eigenvalue weighted by Gasteiger charge is 2.36. The lowest BCUT2D eigenvalue weighted by atomic mass is 9.82. The van der Waals surface area contributed by atoms with Crippen molar-refractivity contribution in [2.24, 2.45) is 0 Å². The molecule has 0 aromatic heterocycles. The Morgan fingerprint density at radius 2 is 0.808 bits per heavy atom. The topological polar surface area (TPSA) is 3.24 Å². The molecule has 0 spiro atoms. The molecule has 52 heavy (non-hydrogen) atoms. The van der Waals surface area contributed by atoms with Crippen LogP contribution in [0.3, 0.4) is 0 Å². The first-order valence-electron chi connectivity index (χ1n) is 18.1. The molecule has 0 atom stereocenters. The lowest BCUT2D eigenvalue weighted by Crippen LogP contribution is -2.17. The van der Waals surface area contributed by atoms with E-state index in [2.05, 4.69) is 219 Å². The number of para-hydroxylation sites is 1. The van der Waals surface area contributed by atoms with E-state index in [0.717, 1.165) is 17.1 Å². The van der Waals surface area contributed by atoms with Gasteiger partial charge in [0.25, 0.3) is 0 Å². The van der Waals surface area contributed by atoms with Crippen LogP contribution in [0.5, 0.6) is 0 Å². The van der Waals surface area contributed by atoms with Gasteiger partial charge in [-0.2, -0.15) is 0 Å². The van der Waals surface area contributed by atoms with E-state index in [4.69, 9.17) is 0 Å². The molecule has 1 heteroatoms. The fourth-order valence-electron chi connectivity index (χ4n) is 8.04. The molecule has 0 radical (unpaired) electrons. The maximum absolute atomic E-state index is 2.45. The highest BCUT2D eigenvalue weighted by atomic mass is 15.1. The Balaban J connectivity index is 1.25. The fraction of sp³-hybridized carbons (Fsp3) is 0.0588. The van der Waals surface area contributed by atoms with E-state index < -0.39 is 0 Å². The number of benzene rings is 8. The Morgan fingerprint density at radius 3 is 1.44 bits per heavy atom. The van der Waals surface area contributed by atoms with Gasteiger partial charge in [0.15, 0.2) is 0 Å². The van der Waals surface area contributed by atoms with Gasteiger partial charge in [0, 0.05) is 22.4 Å². The summed E-state index contributed by atoms with van der Waals surface area (Å²) in [6, 6.07) is 72.8. The van der Waals surface area contributed by atoms with Gasteiger partial charge in [-0.1, -0.05) is 184 Å². The summed E-state index contributed by atoms with van der Waals surface area (Å²) in [5.74, 6) is 0. The maximum Gasteiger partial charge on any atom is 0.0546 e. The van der Waals surface area contributed by atoms with Gasteiger partial charge in [0.1, 0.15) is 0 Å². The number of rotatable bonds is 7.